The maximum atomic E-state index is 14.6. The second-order valence-corrected chi connectivity index (χ2v) is 14.3. The number of morpholine rings is 1. The van der Waals surface area contributed by atoms with Gasteiger partial charge in [-0.25, -0.2) is 22.2 Å². The molecule has 2 saturated heterocycles. The third-order valence-corrected chi connectivity index (χ3v) is 10.7. The van der Waals surface area contributed by atoms with Crippen molar-refractivity contribution in [1.82, 2.24) is 24.8 Å². The van der Waals surface area contributed by atoms with Crippen molar-refractivity contribution in [1.29, 1.82) is 0 Å². The van der Waals surface area contributed by atoms with Crippen LogP contribution in [-0.4, -0.2) is 91.9 Å². The standard InChI is InChI=1S/C34H37F2N5O6S/c1-21(28-9-8-27(17-23(28)5-4-22-2-3-22)48(45,46)40-12-14-47-15-13-40)38-34(44)31-18-26(36)20-41(31)32(42)19-37-33(43)30-10-6-24-16-25(35)7-11-29(24)39-30/h4-11,16-17,21-22,26,31H,2-3,12-15,18-20H2,1H3,(H,37,43)(H,38,44)/b5-4+/t21-,26+,31-/m0/s1. The molecule has 0 unspecified atom stereocenters. The Morgan fingerprint density at radius 2 is 1.85 bits per heavy atom. The SMILES string of the molecule is C[C@H](NC(=O)[C@@H]1C[C@@H](F)CN1C(=O)CNC(=O)c1ccc2cc(F)ccc2n1)c1ccc(S(=O)(=O)N2CCOCC2)cc1/C=C/C1CC1. The number of pyridine rings is 1. The van der Waals surface area contributed by atoms with E-state index in [0.29, 0.717) is 41.2 Å². The summed E-state index contributed by atoms with van der Waals surface area (Å²) in [5.41, 5.74) is 1.74. The van der Waals surface area contributed by atoms with Gasteiger partial charge in [-0.1, -0.05) is 24.3 Å². The smallest absolute Gasteiger partial charge is 0.270 e. The van der Waals surface area contributed by atoms with Crippen molar-refractivity contribution in [3.63, 3.8) is 0 Å². The number of allylic oxidation sites excluding steroid dienone is 1. The fourth-order valence-corrected chi connectivity index (χ4v) is 7.43. The van der Waals surface area contributed by atoms with Crippen molar-refractivity contribution < 1.29 is 36.3 Å². The fraction of sp³-hybridized carbons (Fsp3) is 0.412. The molecule has 2 aromatic carbocycles. The first kappa shape index (κ1) is 33.6. The first-order valence-corrected chi connectivity index (χ1v) is 17.4. The molecule has 3 atom stereocenters. The molecule has 3 amide bonds. The highest BCUT2D eigenvalue weighted by atomic mass is 32.2. The number of rotatable bonds is 10. The number of hydrogen-bond acceptors (Lipinski definition) is 7. The predicted molar refractivity (Wildman–Crippen MR) is 173 cm³/mol. The van der Waals surface area contributed by atoms with Crippen LogP contribution in [0.3, 0.4) is 0 Å². The topological polar surface area (TPSA) is 138 Å². The number of sulfonamides is 1. The minimum absolute atomic E-state index is 0.0186. The number of likely N-dealkylation sites (tertiary alicyclic amines) is 1. The summed E-state index contributed by atoms with van der Waals surface area (Å²) in [6, 6.07) is 10.0. The van der Waals surface area contributed by atoms with E-state index >= 15 is 0 Å². The molecule has 3 fully saturated rings. The lowest BCUT2D eigenvalue weighted by Crippen LogP contribution is -2.49. The summed E-state index contributed by atoms with van der Waals surface area (Å²) < 4.78 is 61.5. The summed E-state index contributed by atoms with van der Waals surface area (Å²) in [6.07, 6.45) is 4.39. The second kappa shape index (κ2) is 14.1. The number of ether oxygens (including phenoxy) is 1. The molecular formula is C34H37F2N5O6S. The van der Waals surface area contributed by atoms with Gasteiger partial charge in [0.2, 0.25) is 21.8 Å². The van der Waals surface area contributed by atoms with E-state index < -0.39 is 58.4 Å². The molecule has 2 N–H and O–H groups in total. The fourth-order valence-electron chi connectivity index (χ4n) is 5.98. The number of carbonyl (C=O) groups is 3. The van der Waals surface area contributed by atoms with Gasteiger partial charge in [0.25, 0.3) is 5.91 Å². The number of nitrogens with one attached hydrogen (secondary N) is 2. The lowest BCUT2D eigenvalue weighted by molar-refractivity contribution is -0.138. The van der Waals surface area contributed by atoms with E-state index in [4.69, 9.17) is 4.74 Å². The molecular weight excluding hydrogens is 644 g/mol. The summed E-state index contributed by atoms with van der Waals surface area (Å²) in [5, 5.41) is 5.88. The minimum Gasteiger partial charge on any atom is -0.379 e. The van der Waals surface area contributed by atoms with Crippen LogP contribution in [0, 0.1) is 11.7 Å². The minimum atomic E-state index is -3.75. The highest BCUT2D eigenvalue weighted by molar-refractivity contribution is 7.89. The molecule has 3 heterocycles. The van der Waals surface area contributed by atoms with Gasteiger partial charge in [0.1, 0.15) is 23.7 Å². The summed E-state index contributed by atoms with van der Waals surface area (Å²) in [7, 11) is -3.75. The van der Waals surface area contributed by atoms with Crippen molar-refractivity contribution in [3.8, 4) is 0 Å². The molecule has 0 radical (unpaired) electrons. The molecule has 14 heteroatoms. The van der Waals surface area contributed by atoms with E-state index in [0.717, 1.165) is 17.7 Å². The maximum Gasteiger partial charge on any atom is 0.270 e. The van der Waals surface area contributed by atoms with Crippen molar-refractivity contribution in [2.45, 2.75) is 49.3 Å². The Balaban J connectivity index is 1.13. The lowest BCUT2D eigenvalue weighted by Gasteiger charge is -2.27. The number of nitrogens with zero attached hydrogens (tertiary/aromatic N) is 3. The van der Waals surface area contributed by atoms with Gasteiger partial charge in [-0.3, -0.25) is 14.4 Å². The number of halogens is 2. The van der Waals surface area contributed by atoms with Crippen molar-refractivity contribution in [2.75, 3.05) is 39.4 Å². The van der Waals surface area contributed by atoms with Gasteiger partial charge in [0.15, 0.2) is 0 Å². The zero-order chi connectivity index (χ0) is 34.0. The second-order valence-electron chi connectivity index (χ2n) is 12.3. The number of alkyl halides is 1. The average molecular weight is 682 g/mol. The van der Waals surface area contributed by atoms with Gasteiger partial charge < -0.3 is 20.3 Å². The zero-order valence-electron chi connectivity index (χ0n) is 26.4. The van der Waals surface area contributed by atoms with Gasteiger partial charge in [0.05, 0.1) is 42.8 Å². The molecule has 0 bridgehead atoms. The van der Waals surface area contributed by atoms with Crippen LogP contribution in [0.2, 0.25) is 0 Å². The van der Waals surface area contributed by atoms with E-state index in [1.807, 2.05) is 12.2 Å². The molecule has 3 aromatic rings. The highest BCUT2D eigenvalue weighted by Crippen LogP contribution is 2.33. The first-order chi connectivity index (χ1) is 23.0. The van der Waals surface area contributed by atoms with E-state index in [1.165, 1.54) is 34.6 Å². The summed E-state index contributed by atoms with van der Waals surface area (Å²) in [4.78, 5) is 44.8. The molecule has 1 aliphatic carbocycles. The van der Waals surface area contributed by atoms with Crippen LogP contribution in [0.1, 0.15) is 53.8 Å². The quantitative estimate of drug-likeness (QED) is 0.335. The molecule has 1 aromatic heterocycles. The molecule has 11 nitrogen and oxygen atoms in total. The number of aromatic nitrogens is 1. The number of amides is 3. The Morgan fingerprint density at radius 3 is 2.60 bits per heavy atom. The normalized spacial score (nSPS) is 21.0. The monoisotopic (exact) mass is 681 g/mol. The summed E-state index contributed by atoms with van der Waals surface area (Å²) in [5.74, 6) is -1.86. The van der Waals surface area contributed by atoms with Crippen LogP contribution in [0.15, 0.2) is 59.5 Å². The zero-order valence-corrected chi connectivity index (χ0v) is 27.2. The van der Waals surface area contributed by atoms with Crippen LogP contribution in [0.5, 0.6) is 0 Å². The molecule has 6 rings (SSSR count). The lowest BCUT2D eigenvalue weighted by atomic mass is 10.00. The Bertz CT molecular complexity index is 1860. The largest absolute Gasteiger partial charge is 0.379 e. The molecule has 254 valence electrons. The van der Waals surface area contributed by atoms with Gasteiger partial charge in [-0.05, 0) is 73.2 Å². The third kappa shape index (κ3) is 7.55. The van der Waals surface area contributed by atoms with Crippen LogP contribution >= 0.6 is 0 Å². The summed E-state index contributed by atoms with van der Waals surface area (Å²) in [6.45, 7) is 2.15. The Morgan fingerprint density at radius 1 is 1.08 bits per heavy atom. The van der Waals surface area contributed by atoms with Crippen LogP contribution in [-0.2, 0) is 24.3 Å². The summed E-state index contributed by atoms with van der Waals surface area (Å²) >= 11 is 0. The van der Waals surface area contributed by atoms with E-state index in [-0.39, 0.29) is 36.6 Å². The third-order valence-electron chi connectivity index (χ3n) is 8.82. The first-order valence-electron chi connectivity index (χ1n) is 16.0. The van der Waals surface area contributed by atoms with Crippen molar-refractivity contribution in [2.24, 2.45) is 5.92 Å². The average Bonchev–Trinajstić information content (AvgIpc) is 3.84. The Kier molecular flexibility index (Phi) is 9.85. The maximum absolute atomic E-state index is 14.6. The Hall–Kier alpha value is -4.27. The van der Waals surface area contributed by atoms with Crippen LogP contribution in [0.25, 0.3) is 17.0 Å². The van der Waals surface area contributed by atoms with Crippen molar-refractivity contribution >= 4 is 44.7 Å². The highest BCUT2D eigenvalue weighted by Gasteiger charge is 2.40. The molecule has 2 aliphatic heterocycles. The van der Waals surface area contributed by atoms with Gasteiger partial charge in [-0.15, -0.1) is 0 Å². The number of fused-ring (bicyclic) bond motifs is 1. The Labute approximate surface area is 277 Å². The van der Waals surface area contributed by atoms with Gasteiger partial charge in [-0.2, -0.15) is 4.31 Å². The van der Waals surface area contributed by atoms with Crippen molar-refractivity contribution in [3.05, 3.63) is 77.2 Å². The van der Waals surface area contributed by atoms with E-state index in [1.54, 1.807) is 25.1 Å². The van der Waals surface area contributed by atoms with Gasteiger partial charge in [0, 0.05) is 24.9 Å². The number of carbonyl (C=O) groups excluding carboxylic acids is 3. The van der Waals surface area contributed by atoms with Crippen LogP contribution in [0.4, 0.5) is 8.78 Å². The van der Waals surface area contributed by atoms with Gasteiger partial charge >= 0.3 is 0 Å². The van der Waals surface area contributed by atoms with E-state index in [9.17, 15) is 31.6 Å². The number of benzene rings is 2. The van der Waals surface area contributed by atoms with Crippen LogP contribution < -0.4 is 10.6 Å². The predicted octanol–water partition coefficient (Wildman–Crippen LogP) is 3.36. The molecule has 0 spiro atoms. The molecule has 48 heavy (non-hydrogen) atoms. The molecule has 1 saturated carbocycles. The number of hydrogen-bond donors (Lipinski definition) is 2. The van der Waals surface area contributed by atoms with E-state index in [2.05, 4.69) is 15.6 Å². The molecule has 3 aliphatic rings.